The van der Waals surface area contributed by atoms with Crippen LogP contribution in [-0.4, -0.2) is 16.5 Å². The summed E-state index contributed by atoms with van der Waals surface area (Å²) >= 11 is 0. The molecule has 3 nitrogen and oxygen atoms in total. The maximum absolute atomic E-state index is 10.7. The minimum absolute atomic E-state index is 0.391. The van der Waals surface area contributed by atoms with Gasteiger partial charge in [-0.05, 0) is 12.0 Å². The fourth-order valence-electron chi connectivity index (χ4n) is 1.62. The van der Waals surface area contributed by atoms with Crippen molar-refractivity contribution in [1.82, 2.24) is 10.2 Å². The summed E-state index contributed by atoms with van der Waals surface area (Å²) < 4.78 is 0. The number of fused-ring (bicyclic) bond motifs is 1. The highest BCUT2D eigenvalue weighted by Crippen LogP contribution is 2.23. The second-order valence-electron chi connectivity index (χ2n) is 3.65. The molecule has 0 aliphatic rings. The lowest BCUT2D eigenvalue weighted by atomic mass is 10.0. The van der Waals surface area contributed by atoms with E-state index < -0.39 is 0 Å². The van der Waals surface area contributed by atoms with E-state index in [0.717, 1.165) is 22.9 Å². The van der Waals surface area contributed by atoms with Crippen molar-refractivity contribution in [3.8, 4) is 0 Å². The average Bonchev–Trinajstić information content (AvgIpc) is 2.60. The lowest BCUT2D eigenvalue weighted by Gasteiger charge is -2.00. The molecule has 0 amide bonds. The predicted octanol–water partition coefficient (Wildman–Crippen LogP) is 2.50. The summed E-state index contributed by atoms with van der Waals surface area (Å²) in [5.41, 5.74) is 2.50. The minimum atomic E-state index is 0.391. The van der Waals surface area contributed by atoms with Crippen molar-refractivity contribution in [2.24, 2.45) is 0 Å². The molecular formula is C11H12N2O. The van der Waals surface area contributed by atoms with Gasteiger partial charge in [0.1, 0.15) is 5.52 Å². The van der Waals surface area contributed by atoms with Gasteiger partial charge in [-0.25, -0.2) is 0 Å². The van der Waals surface area contributed by atoms with E-state index >= 15 is 0 Å². The number of hydrogen-bond donors (Lipinski definition) is 1. The lowest BCUT2D eigenvalue weighted by molar-refractivity contribution is 0.112. The maximum Gasteiger partial charge on any atom is 0.152 e. The molecule has 1 aromatic heterocycles. The molecule has 2 rings (SSSR count). The number of nitrogens with one attached hydrogen (secondary N) is 1. The Hall–Kier alpha value is -1.64. The number of H-pyrrole nitrogens is 1. The Morgan fingerprint density at radius 1 is 1.43 bits per heavy atom. The first kappa shape index (κ1) is 8.94. The summed E-state index contributed by atoms with van der Waals surface area (Å²) in [6.07, 6.45) is 0.841. The van der Waals surface area contributed by atoms with Crippen LogP contribution in [0.1, 0.15) is 35.8 Å². The van der Waals surface area contributed by atoms with Crippen LogP contribution in [0.3, 0.4) is 0 Å². The third kappa shape index (κ3) is 1.21. The minimum Gasteiger partial charge on any atom is -0.298 e. The summed E-state index contributed by atoms with van der Waals surface area (Å²) in [7, 11) is 0. The molecule has 0 spiro atoms. The molecule has 0 bridgehead atoms. The molecule has 3 heteroatoms. The molecule has 0 fully saturated rings. The summed E-state index contributed by atoms with van der Waals surface area (Å²) in [5.74, 6) is 0.391. The Morgan fingerprint density at radius 2 is 2.21 bits per heavy atom. The maximum atomic E-state index is 10.7. The number of carbonyl (C=O) groups is 1. The zero-order valence-electron chi connectivity index (χ0n) is 8.24. The molecular weight excluding hydrogens is 176 g/mol. The van der Waals surface area contributed by atoms with Crippen LogP contribution < -0.4 is 0 Å². The molecule has 0 saturated carbocycles. The van der Waals surface area contributed by atoms with Gasteiger partial charge in [-0.1, -0.05) is 26.0 Å². The third-order valence-electron chi connectivity index (χ3n) is 2.35. The number of aldehydes is 1. The van der Waals surface area contributed by atoms with Gasteiger partial charge in [-0.3, -0.25) is 9.89 Å². The van der Waals surface area contributed by atoms with Gasteiger partial charge in [0.2, 0.25) is 0 Å². The van der Waals surface area contributed by atoms with E-state index in [-0.39, 0.29) is 0 Å². The summed E-state index contributed by atoms with van der Waals surface area (Å²) in [6, 6.07) is 5.65. The number of aromatic nitrogens is 2. The van der Waals surface area contributed by atoms with E-state index in [1.54, 1.807) is 6.07 Å². The van der Waals surface area contributed by atoms with Crippen molar-refractivity contribution < 1.29 is 4.79 Å². The highest BCUT2D eigenvalue weighted by Gasteiger charge is 2.10. The normalized spacial score (nSPS) is 11.1. The number of rotatable bonds is 2. The molecule has 0 saturated heterocycles. The van der Waals surface area contributed by atoms with Gasteiger partial charge in [-0.15, -0.1) is 0 Å². The summed E-state index contributed by atoms with van der Waals surface area (Å²) in [5, 5.41) is 8.18. The predicted molar refractivity (Wildman–Crippen MR) is 55.6 cm³/mol. The Labute approximate surface area is 82.1 Å². The first-order valence-electron chi connectivity index (χ1n) is 4.66. The van der Waals surface area contributed by atoms with Crippen LogP contribution in [0.2, 0.25) is 0 Å². The fourth-order valence-corrected chi connectivity index (χ4v) is 1.62. The number of benzene rings is 1. The van der Waals surface area contributed by atoms with Crippen LogP contribution in [0.4, 0.5) is 0 Å². The second kappa shape index (κ2) is 3.25. The smallest absolute Gasteiger partial charge is 0.152 e. The van der Waals surface area contributed by atoms with Crippen molar-refractivity contribution in [1.29, 1.82) is 0 Å². The lowest BCUT2D eigenvalue weighted by Crippen LogP contribution is -1.87. The SMILES string of the molecule is CC(C)c1[nH]nc2c(C=O)cccc12. The highest BCUT2D eigenvalue weighted by molar-refractivity contribution is 5.96. The Morgan fingerprint density at radius 3 is 2.86 bits per heavy atom. The second-order valence-corrected chi connectivity index (χ2v) is 3.65. The van der Waals surface area contributed by atoms with Crippen LogP contribution in [0, 0.1) is 0 Å². The van der Waals surface area contributed by atoms with Crippen LogP contribution in [0.25, 0.3) is 10.9 Å². The summed E-state index contributed by atoms with van der Waals surface area (Å²) in [4.78, 5) is 10.7. The van der Waals surface area contributed by atoms with Crippen molar-refractivity contribution >= 4 is 17.2 Å². The molecule has 0 unspecified atom stereocenters. The monoisotopic (exact) mass is 188 g/mol. The topological polar surface area (TPSA) is 45.8 Å². The zero-order chi connectivity index (χ0) is 10.1. The van der Waals surface area contributed by atoms with Gasteiger partial charge in [0.05, 0.1) is 0 Å². The molecule has 2 aromatic rings. The Kier molecular flexibility index (Phi) is 2.08. The van der Waals surface area contributed by atoms with E-state index in [9.17, 15) is 4.79 Å². The van der Waals surface area contributed by atoms with E-state index in [0.29, 0.717) is 11.5 Å². The third-order valence-corrected chi connectivity index (χ3v) is 2.35. The molecule has 1 N–H and O–H groups in total. The number of para-hydroxylation sites is 1. The van der Waals surface area contributed by atoms with E-state index in [2.05, 4.69) is 24.0 Å². The van der Waals surface area contributed by atoms with Gasteiger partial charge in [0.25, 0.3) is 0 Å². The number of aromatic amines is 1. The van der Waals surface area contributed by atoms with Crippen molar-refractivity contribution in [2.45, 2.75) is 19.8 Å². The first-order chi connectivity index (χ1) is 6.74. The van der Waals surface area contributed by atoms with Gasteiger partial charge in [0, 0.05) is 16.6 Å². The number of nitrogens with zero attached hydrogens (tertiary/aromatic N) is 1. The first-order valence-corrected chi connectivity index (χ1v) is 4.66. The molecule has 1 aromatic carbocycles. The molecule has 72 valence electrons. The number of hydrogen-bond acceptors (Lipinski definition) is 2. The zero-order valence-corrected chi connectivity index (χ0v) is 8.24. The van der Waals surface area contributed by atoms with Crippen LogP contribution in [0.5, 0.6) is 0 Å². The largest absolute Gasteiger partial charge is 0.298 e. The van der Waals surface area contributed by atoms with Crippen molar-refractivity contribution in [3.05, 3.63) is 29.5 Å². The van der Waals surface area contributed by atoms with Gasteiger partial charge < -0.3 is 0 Å². The standard InChI is InChI=1S/C11H12N2O/c1-7(2)10-9-5-3-4-8(6-14)11(9)13-12-10/h3-7H,1-2H3,(H,12,13). The van der Waals surface area contributed by atoms with Crippen LogP contribution in [0.15, 0.2) is 18.2 Å². The van der Waals surface area contributed by atoms with E-state index in [1.165, 1.54) is 0 Å². The van der Waals surface area contributed by atoms with Gasteiger partial charge in [0.15, 0.2) is 6.29 Å². The molecule has 0 atom stereocenters. The van der Waals surface area contributed by atoms with Crippen LogP contribution >= 0.6 is 0 Å². The van der Waals surface area contributed by atoms with Gasteiger partial charge >= 0.3 is 0 Å². The molecule has 0 aliphatic heterocycles. The average molecular weight is 188 g/mol. The quantitative estimate of drug-likeness (QED) is 0.736. The van der Waals surface area contributed by atoms with Crippen molar-refractivity contribution in [2.75, 3.05) is 0 Å². The highest BCUT2D eigenvalue weighted by atomic mass is 16.1. The molecule has 14 heavy (non-hydrogen) atoms. The molecule has 0 radical (unpaired) electrons. The Balaban J connectivity index is 2.75. The Bertz CT molecular complexity index is 471. The van der Waals surface area contributed by atoms with Crippen LogP contribution in [-0.2, 0) is 0 Å². The fraction of sp³-hybridized carbons (Fsp3) is 0.273. The number of carbonyl (C=O) groups excluding carboxylic acids is 1. The molecule has 1 heterocycles. The van der Waals surface area contributed by atoms with Gasteiger partial charge in [-0.2, -0.15) is 5.10 Å². The molecule has 0 aliphatic carbocycles. The summed E-state index contributed by atoms with van der Waals surface area (Å²) in [6.45, 7) is 4.20. The van der Waals surface area contributed by atoms with E-state index in [1.807, 2.05) is 12.1 Å². The van der Waals surface area contributed by atoms with E-state index in [4.69, 9.17) is 0 Å². The van der Waals surface area contributed by atoms with Crippen molar-refractivity contribution in [3.63, 3.8) is 0 Å².